The number of amides is 3. The summed E-state index contributed by atoms with van der Waals surface area (Å²) < 4.78 is 15.8. The van der Waals surface area contributed by atoms with Crippen molar-refractivity contribution < 1.29 is 18.8 Å². The van der Waals surface area contributed by atoms with Crippen LogP contribution in [0, 0.1) is 5.82 Å². The summed E-state index contributed by atoms with van der Waals surface area (Å²) in [5.74, 6) is -3.39. The molecule has 3 amide bonds. The molecule has 3 N–H and O–H groups in total. The minimum atomic E-state index is -1.09. The smallest absolute Gasteiger partial charge is 0.321 e. The number of benzene rings is 3. The Bertz CT molecular complexity index is 1390. The normalized spacial score (nSPS) is 10.6. The molecule has 0 spiro atoms. The van der Waals surface area contributed by atoms with E-state index < -0.39 is 23.5 Å². The minimum absolute atomic E-state index is 0.0742. The first kappa shape index (κ1) is 22.5. The highest BCUT2D eigenvalue weighted by molar-refractivity contribution is 9.10. The predicted octanol–water partition coefficient (Wildman–Crippen LogP) is 5.16. The SMILES string of the molecule is O=C(Nc1ccccc1F)C(=O)Nn1c(C(=O)Nc2ccc(Cl)cc2)cc2cc(Br)ccc21. The van der Waals surface area contributed by atoms with Crippen LogP contribution in [0.3, 0.4) is 0 Å². The molecule has 4 aromatic rings. The second-order valence-electron chi connectivity index (χ2n) is 6.90. The van der Waals surface area contributed by atoms with Crippen LogP contribution >= 0.6 is 27.5 Å². The van der Waals surface area contributed by atoms with E-state index >= 15 is 0 Å². The highest BCUT2D eigenvalue weighted by Gasteiger charge is 2.22. The molecule has 1 heterocycles. The second-order valence-corrected chi connectivity index (χ2v) is 8.26. The number of rotatable bonds is 4. The quantitative estimate of drug-likeness (QED) is 0.319. The molecule has 33 heavy (non-hydrogen) atoms. The van der Waals surface area contributed by atoms with Crippen molar-refractivity contribution in [3.8, 4) is 0 Å². The number of para-hydroxylation sites is 1. The van der Waals surface area contributed by atoms with Crippen LogP contribution in [0.25, 0.3) is 10.9 Å². The third-order valence-electron chi connectivity index (χ3n) is 4.64. The average Bonchev–Trinajstić information content (AvgIpc) is 3.14. The van der Waals surface area contributed by atoms with Crippen LogP contribution in [0.15, 0.2) is 77.3 Å². The van der Waals surface area contributed by atoms with Crippen molar-refractivity contribution in [1.29, 1.82) is 0 Å². The molecule has 166 valence electrons. The number of halogens is 3. The van der Waals surface area contributed by atoms with Gasteiger partial charge in [0.15, 0.2) is 0 Å². The van der Waals surface area contributed by atoms with Gasteiger partial charge in [0.05, 0.1) is 11.2 Å². The molecular formula is C23H15BrClFN4O3. The van der Waals surface area contributed by atoms with Gasteiger partial charge >= 0.3 is 11.8 Å². The highest BCUT2D eigenvalue weighted by atomic mass is 79.9. The van der Waals surface area contributed by atoms with Crippen molar-refractivity contribution in [2.24, 2.45) is 0 Å². The molecule has 0 fully saturated rings. The average molecular weight is 530 g/mol. The third-order valence-corrected chi connectivity index (χ3v) is 5.39. The summed E-state index contributed by atoms with van der Waals surface area (Å²) >= 11 is 9.26. The molecule has 0 aliphatic rings. The van der Waals surface area contributed by atoms with E-state index in [1.54, 1.807) is 48.5 Å². The molecule has 10 heteroatoms. The van der Waals surface area contributed by atoms with Gasteiger partial charge in [-0.1, -0.05) is 39.7 Å². The molecule has 0 saturated heterocycles. The van der Waals surface area contributed by atoms with Gasteiger partial charge < -0.3 is 10.6 Å². The van der Waals surface area contributed by atoms with Crippen LogP contribution < -0.4 is 16.1 Å². The Morgan fingerprint density at radius 1 is 0.879 bits per heavy atom. The Hall–Kier alpha value is -3.69. The van der Waals surface area contributed by atoms with E-state index in [9.17, 15) is 18.8 Å². The zero-order chi connectivity index (χ0) is 23.5. The Morgan fingerprint density at radius 2 is 1.61 bits per heavy atom. The lowest BCUT2D eigenvalue weighted by molar-refractivity contribution is -0.133. The van der Waals surface area contributed by atoms with Gasteiger partial charge in [0, 0.05) is 20.6 Å². The van der Waals surface area contributed by atoms with Crippen LogP contribution in [0.1, 0.15) is 10.5 Å². The molecule has 1 aromatic heterocycles. The standard InChI is InChI=1S/C23H15BrClFN4O3/c24-14-5-10-19-13(11-14)12-20(21(31)27-16-8-6-15(25)7-9-16)30(19)29-23(33)22(32)28-18-4-2-1-3-17(18)26/h1-12H,(H,27,31)(H,28,32)(H,29,33). The molecule has 0 unspecified atom stereocenters. The van der Waals surface area contributed by atoms with Crippen molar-refractivity contribution in [1.82, 2.24) is 4.68 Å². The van der Waals surface area contributed by atoms with Gasteiger partial charge in [-0.3, -0.25) is 19.8 Å². The van der Waals surface area contributed by atoms with Gasteiger partial charge in [-0.05, 0) is 60.7 Å². The van der Waals surface area contributed by atoms with Crippen LogP contribution in [-0.4, -0.2) is 22.4 Å². The number of anilines is 2. The topological polar surface area (TPSA) is 92.2 Å². The molecule has 3 aromatic carbocycles. The minimum Gasteiger partial charge on any atom is -0.321 e. The van der Waals surface area contributed by atoms with Gasteiger partial charge in [-0.15, -0.1) is 0 Å². The second kappa shape index (κ2) is 9.43. The predicted molar refractivity (Wildman–Crippen MR) is 128 cm³/mol. The van der Waals surface area contributed by atoms with Crippen molar-refractivity contribution in [2.45, 2.75) is 0 Å². The number of hydrogen-bond donors (Lipinski definition) is 3. The largest absolute Gasteiger partial charge is 0.328 e. The van der Waals surface area contributed by atoms with Crippen molar-refractivity contribution >= 4 is 67.5 Å². The van der Waals surface area contributed by atoms with Gasteiger partial charge in [0.25, 0.3) is 5.91 Å². The number of hydrogen-bond acceptors (Lipinski definition) is 3. The Morgan fingerprint density at radius 3 is 2.33 bits per heavy atom. The molecule has 0 aliphatic carbocycles. The first-order valence-corrected chi connectivity index (χ1v) is 10.7. The number of carbonyl (C=O) groups is 3. The van der Waals surface area contributed by atoms with E-state index in [4.69, 9.17) is 11.6 Å². The van der Waals surface area contributed by atoms with Gasteiger partial charge in [0.1, 0.15) is 11.5 Å². The summed E-state index contributed by atoms with van der Waals surface area (Å²) in [4.78, 5) is 37.9. The van der Waals surface area contributed by atoms with Crippen molar-refractivity contribution in [3.05, 3.63) is 93.8 Å². The van der Waals surface area contributed by atoms with E-state index in [1.165, 1.54) is 22.9 Å². The lowest BCUT2D eigenvalue weighted by Gasteiger charge is -2.13. The lowest BCUT2D eigenvalue weighted by atomic mass is 10.2. The molecule has 4 rings (SSSR count). The molecular weight excluding hydrogens is 515 g/mol. The Kier molecular flexibility index (Phi) is 6.43. The summed E-state index contributed by atoms with van der Waals surface area (Å²) in [5.41, 5.74) is 3.32. The molecule has 7 nitrogen and oxygen atoms in total. The van der Waals surface area contributed by atoms with Gasteiger partial charge in [0.2, 0.25) is 0 Å². The van der Waals surface area contributed by atoms with Gasteiger partial charge in [-0.25, -0.2) is 9.07 Å². The van der Waals surface area contributed by atoms with Crippen LogP contribution in [0.4, 0.5) is 15.8 Å². The monoisotopic (exact) mass is 528 g/mol. The summed E-state index contributed by atoms with van der Waals surface area (Å²) in [6.07, 6.45) is 0. The van der Waals surface area contributed by atoms with Gasteiger partial charge in [-0.2, -0.15) is 0 Å². The number of nitrogens with one attached hydrogen (secondary N) is 3. The summed E-state index contributed by atoms with van der Waals surface area (Å²) in [7, 11) is 0. The van der Waals surface area contributed by atoms with E-state index in [1.807, 2.05) is 0 Å². The van der Waals surface area contributed by atoms with Crippen molar-refractivity contribution in [2.75, 3.05) is 16.1 Å². The third kappa shape index (κ3) is 5.05. The van der Waals surface area contributed by atoms with Crippen LogP contribution in [0.2, 0.25) is 5.02 Å². The molecule has 0 aliphatic heterocycles. The zero-order valence-corrected chi connectivity index (χ0v) is 19.1. The fourth-order valence-electron chi connectivity index (χ4n) is 3.10. The Balaban J connectivity index is 1.63. The summed E-state index contributed by atoms with van der Waals surface area (Å²) in [5, 5.41) is 6.09. The van der Waals surface area contributed by atoms with Crippen LogP contribution in [0.5, 0.6) is 0 Å². The molecule has 0 bridgehead atoms. The number of fused-ring (bicyclic) bond motifs is 1. The molecule has 0 saturated carbocycles. The first-order valence-electron chi connectivity index (χ1n) is 9.56. The van der Waals surface area contributed by atoms with Crippen molar-refractivity contribution in [3.63, 3.8) is 0 Å². The maximum absolute atomic E-state index is 13.8. The highest BCUT2D eigenvalue weighted by Crippen LogP contribution is 2.24. The Labute approximate surface area is 200 Å². The maximum atomic E-state index is 13.8. The van der Waals surface area contributed by atoms with E-state index in [-0.39, 0.29) is 11.4 Å². The first-order chi connectivity index (χ1) is 15.8. The number of nitrogens with zero attached hydrogens (tertiary/aromatic N) is 1. The lowest BCUT2D eigenvalue weighted by Crippen LogP contribution is -2.36. The summed E-state index contributed by atoms with van der Waals surface area (Å²) in [6, 6.07) is 18.7. The maximum Gasteiger partial charge on any atom is 0.328 e. The number of aromatic nitrogens is 1. The number of carbonyl (C=O) groups excluding carboxylic acids is 3. The van der Waals surface area contributed by atoms with E-state index in [2.05, 4.69) is 32.0 Å². The van der Waals surface area contributed by atoms with E-state index in [0.717, 1.165) is 10.5 Å². The summed E-state index contributed by atoms with van der Waals surface area (Å²) in [6.45, 7) is 0. The van der Waals surface area contributed by atoms with Crippen LogP contribution in [-0.2, 0) is 9.59 Å². The molecule has 0 atom stereocenters. The zero-order valence-electron chi connectivity index (χ0n) is 16.7. The van der Waals surface area contributed by atoms with E-state index in [0.29, 0.717) is 21.6 Å². The molecule has 0 radical (unpaired) electrons. The fourth-order valence-corrected chi connectivity index (χ4v) is 3.60. The fraction of sp³-hybridized carbons (Fsp3) is 0.